The number of benzene rings is 3. The molecule has 8 heteroatoms. The predicted molar refractivity (Wildman–Crippen MR) is 144 cm³/mol. The highest BCUT2D eigenvalue weighted by Gasteiger charge is 2.25. The van der Waals surface area contributed by atoms with Gasteiger partial charge in [0.05, 0.1) is 11.7 Å². The molecule has 0 bridgehead atoms. The normalized spacial score (nSPS) is 11.9. The Morgan fingerprint density at radius 2 is 1.77 bits per heavy atom. The van der Waals surface area contributed by atoms with Gasteiger partial charge < -0.3 is 5.32 Å². The van der Waals surface area contributed by atoms with Crippen LogP contribution in [0, 0.1) is 13.8 Å². The zero-order chi connectivity index (χ0) is 24.8. The molecule has 0 radical (unpaired) electrons. The zero-order valence-electron chi connectivity index (χ0n) is 19.5. The highest BCUT2D eigenvalue weighted by molar-refractivity contribution is 7.98. The first-order chi connectivity index (χ1) is 16.9. The summed E-state index contributed by atoms with van der Waals surface area (Å²) in [5.41, 5.74) is 5.38. The number of carbonyl (C=O) groups is 1. The third-order valence-electron chi connectivity index (χ3n) is 5.57. The van der Waals surface area contributed by atoms with Crippen molar-refractivity contribution < 1.29 is 4.79 Å². The van der Waals surface area contributed by atoms with Crippen LogP contribution in [0.2, 0.25) is 5.02 Å². The molecular weight excluding hydrogens is 499 g/mol. The van der Waals surface area contributed by atoms with Gasteiger partial charge in [0.1, 0.15) is 5.88 Å². The second-order valence-corrected chi connectivity index (χ2v) is 9.97. The van der Waals surface area contributed by atoms with Crippen molar-refractivity contribution in [2.24, 2.45) is 0 Å². The van der Waals surface area contributed by atoms with Crippen molar-refractivity contribution in [3.63, 3.8) is 0 Å². The van der Waals surface area contributed by atoms with Crippen LogP contribution >= 0.6 is 35.0 Å². The van der Waals surface area contributed by atoms with Crippen LogP contribution in [-0.2, 0) is 17.0 Å². The lowest BCUT2D eigenvalue weighted by molar-refractivity contribution is -0.119. The van der Waals surface area contributed by atoms with Gasteiger partial charge in [0.25, 0.3) is 0 Å². The van der Waals surface area contributed by atoms with E-state index in [4.69, 9.17) is 23.2 Å². The number of rotatable bonds is 9. The molecule has 1 atom stereocenters. The van der Waals surface area contributed by atoms with Crippen LogP contribution in [0.4, 0.5) is 0 Å². The molecule has 4 rings (SSSR count). The van der Waals surface area contributed by atoms with E-state index in [-0.39, 0.29) is 11.8 Å². The highest BCUT2D eigenvalue weighted by Crippen LogP contribution is 2.31. The summed E-state index contributed by atoms with van der Waals surface area (Å²) < 4.78 is 2.00. The number of amides is 1. The molecule has 0 saturated heterocycles. The summed E-state index contributed by atoms with van der Waals surface area (Å²) >= 11 is 13.8. The number of nitrogens with zero attached hydrogens (tertiary/aromatic N) is 3. The molecule has 5 nitrogen and oxygen atoms in total. The Hall–Kier alpha value is -2.80. The minimum absolute atomic E-state index is 0.134. The first kappa shape index (κ1) is 25.3. The molecule has 180 valence electrons. The summed E-state index contributed by atoms with van der Waals surface area (Å²) in [5.74, 6) is 0.963. The Bertz CT molecular complexity index is 1310. The van der Waals surface area contributed by atoms with E-state index in [1.807, 2.05) is 60.0 Å². The van der Waals surface area contributed by atoms with Crippen LogP contribution in [0.25, 0.3) is 5.69 Å². The van der Waals surface area contributed by atoms with Crippen molar-refractivity contribution in [2.75, 3.05) is 5.88 Å². The fraction of sp³-hybridized carbons (Fsp3) is 0.222. The number of aryl methyl sites for hydroxylation is 2. The largest absolute Gasteiger partial charge is 0.345 e. The van der Waals surface area contributed by atoms with E-state index in [2.05, 4.69) is 46.7 Å². The fourth-order valence-electron chi connectivity index (χ4n) is 3.89. The molecule has 0 fully saturated rings. The number of aromatic nitrogens is 3. The van der Waals surface area contributed by atoms with E-state index in [1.54, 1.807) is 11.8 Å². The predicted octanol–water partition coefficient (Wildman–Crippen LogP) is 6.47. The lowest BCUT2D eigenvalue weighted by atomic mass is 10.0. The number of nitrogens with one attached hydrogen (secondary N) is 1. The van der Waals surface area contributed by atoms with Gasteiger partial charge in [-0.3, -0.25) is 9.36 Å². The Morgan fingerprint density at radius 3 is 2.51 bits per heavy atom. The van der Waals surface area contributed by atoms with Gasteiger partial charge in [0.15, 0.2) is 11.0 Å². The van der Waals surface area contributed by atoms with Crippen molar-refractivity contribution in [2.45, 2.75) is 37.2 Å². The van der Waals surface area contributed by atoms with Gasteiger partial charge in [0, 0.05) is 10.8 Å². The smallest absolute Gasteiger partial charge is 0.235 e. The molecule has 1 amide bonds. The van der Waals surface area contributed by atoms with Gasteiger partial charge in [0.2, 0.25) is 5.91 Å². The summed E-state index contributed by atoms with van der Waals surface area (Å²) in [6.45, 7) is 4.10. The highest BCUT2D eigenvalue weighted by atomic mass is 35.5. The third-order valence-corrected chi connectivity index (χ3v) is 7.05. The van der Waals surface area contributed by atoms with Crippen LogP contribution in [0.5, 0.6) is 0 Å². The summed E-state index contributed by atoms with van der Waals surface area (Å²) in [5, 5.41) is 13.5. The van der Waals surface area contributed by atoms with Crippen LogP contribution in [-0.4, -0.2) is 26.6 Å². The van der Waals surface area contributed by atoms with Gasteiger partial charge in [-0.1, -0.05) is 89.6 Å². The van der Waals surface area contributed by atoms with Gasteiger partial charge in [-0.05, 0) is 49.1 Å². The fourth-order valence-corrected chi connectivity index (χ4v) is 5.03. The molecular formula is C27H26Cl2N4OS. The SMILES string of the molecule is Cc1cccc(CSc2nnc(C(Cc3ccccc3)NC(=O)CCl)n2-c2cc(Cl)ccc2C)c1. The number of carbonyl (C=O) groups excluding carboxylic acids is 1. The molecule has 1 N–H and O–H groups in total. The average molecular weight is 526 g/mol. The quantitative estimate of drug-likeness (QED) is 0.201. The molecule has 1 unspecified atom stereocenters. The van der Waals surface area contributed by atoms with Crippen LogP contribution in [0.1, 0.15) is 34.1 Å². The van der Waals surface area contributed by atoms with E-state index in [0.29, 0.717) is 17.3 Å². The summed E-state index contributed by atoms with van der Waals surface area (Å²) in [6.07, 6.45) is 0.545. The molecule has 0 aliphatic carbocycles. The average Bonchev–Trinajstić information content (AvgIpc) is 3.28. The molecule has 4 aromatic rings. The minimum atomic E-state index is -0.428. The van der Waals surface area contributed by atoms with E-state index >= 15 is 0 Å². The molecule has 0 aliphatic heterocycles. The first-order valence-electron chi connectivity index (χ1n) is 11.2. The maximum atomic E-state index is 12.4. The number of thioether (sulfide) groups is 1. The summed E-state index contributed by atoms with van der Waals surface area (Å²) in [6, 6.07) is 23.7. The first-order valence-corrected chi connectivity index (χ1v) is 13.1. The van der Waals surface area contributed by atoms with Gasteiger partial charge in [-0.25, -0.2) is 0 Å². The van der Waals surface area contributed by atoms with Gasteiger partial charge in [-0.2, -0.15) is 0 Å². The van der Waals surface area contributed by atoms with E-state index in [1.165, 1.54) is 11.1 Å². The van der Waals surface area contributed by atoms with Crippen LogP contribution in [0.15, 0.2) is 78.0 Å². The lowest BCUT2D eigenvalue weighted by Gasteiger charge is -2.21. The van der Waals surface area contributed by atoms with E-state index in [9.17, 15) is 4.79 Å². The molecule has 1 aromatic heterocycles. The Balaban J connectivity index is 1.78. The van der Waals surface area contributed by atoms with Crippen molar-refractivity contribution in [1.82, 2.24) is 20.1 Å². The van der Waals surface area contributed by atoms with Crippen molar-refractivity contribution in [3.8, 4) is 5.69 Å². The molecule has 1 heterocycles. The molecule has 35 heavy (non-hydrogen) atoms. The maximum Gasteiger partial charge on any atom is 0.235 e. The van der Waals surface area contributed by atoms with Crippen LogP contribution < -0.4 is 5.32 Å². The number of hydrogen-bond acceptors (Lipinski definition) is 4. The lowest BCUT2D eigenvalue weighted by Crippen LogP contribution is -2.32. The van der Waals surface area contributed by atoms with Gasteiger partial charge >= 0.3 is 0 Å². The minimum Gasteiger partial charge on any atom is -0.345 e. The standard InChI is InChI=1S/C27H26Cl2N4OS/c1-18-7-6-10-21(13-18)17-35-27-32-31-26(33(27)24-15-22(29)12-11-19(24)2)23(30-25(34)16-28)14-20-8-4-3-5-9-20/h3-13,15,23H,14,16-17H2,1-2H3,(H,30,34). The topological polar surface area (TPSA) is 59.8 Å². The second kappa shape index (κ2) is 11.8. The van der Waals surface area contributed by atoms with Gasteiger partial charge in [-0.15, -0.1) is 21.8 Å². The Kier molecular flexibility index (Phi) is 8.50. The number of halogens is 2. The van der Waals surface area contributed by atoms with Crippen molar-refractivity contribution in [1.29, 1.82) is 0 Å². The summed E-state index contributed by atoms with van der Waals surface area (Å²) in [7, 11) is 0. The van der Waals surface area contributed by atoms with E-state index in [0.717, 1.165) is 27.7 Å². The Labute approximate surface area is 219 Å². The molecule has 3 aromatic carbocycles. The van der Waals surface area contributed by atoms with Crippen molar-refractivity contribution >= 4 is 40.9 Å². The van der Waals surface area contributed by atoms with Crippen molar-refractivity contribution in [3.05, 3.63) is 106 Å². The zero-order valence-corrected chi connectivity index (χ0v) is 21.9. The molecule has 0 saturated carbocycles. The molecule has 0 aliphatic rings. The van der Waals surface area contributed by atoms with E-state index < -0.39 is 6.04 Å². The van der Waals surface area contributed by atoms with Crippen LogP contribution in [0.3, 0.4) is 0 Å². The third kappa shape index (κ3) is 6.45. The number of alkyl halides is 1. The summed E-state index contributed by atoms with van der Waals surface area (Å²) in [4.78, 5) is 12.4. The second-order valence-electron chi connectivity index (χ2n) is 8.33. The molecule has 0 spiro atoms. The monoisotopic (exact) mass is 524 g/mol. The number of hydrogen-bond donors (Lipinski definition) is 1. The Morgan fingerprint density at radius 1 is 1.00 bits per heavy atom. The maximum absolute atomic E-state index is 12.4.